The van der Waals surface area contributed by atoms with Crippen LogP contribution in [0.1, 0.15) is 37.4 Å². The molecular weight excluding hydrogens is 296 g/mol. The second-order valence-electron chi connectivity index (χ2n) is 6.56. The van der Waals surface area contributed by atoms with Crippen LogP contribution in [-0.2, 0) is 10.2 Å². The third-order valence-corrected chi connectivity index (χ3v) is 5.35. The summed E-state index contributed by atoms with van der Waals surface area (Å²) >= 11 is 0. The lowest BCUT2D eigenvalue weighted by molar-refractivity contribution is -0.134. The highest BCUT2D eigenvalue weighted by molar-refractivity contribution is 5.92. The maximum absolute atomic E-state index is 13.3. The molecule has 0 aromatic heterocycles. The van der Waals surface area contributed by atoms with Gasteiger partial charge in [-0.3, -0.25) is 4.79 Å². The molecule has 3 rings (SSSR count). The summed E-state index contributed by atoms with van der Waals surface area (Å²) in [5, 5.41) is 0. The number of amides is 1. The van der Waals surface area contributed by atoms with E-state index in [9.17, 15) is 4.79 Å². The van der Waals surface area contributed by atoms with Crippen LogP contribution in [0, 0.1) is 5.92 Å². The van der Waals surface area contributed by atoms with Gasteiger partial charge in [0.05, 0.1) is 5.41 Å². The van der Waals surface area contributed by atoms with E-state index >= 15 is 0 Å². The number of nitrogens with zero attached hydrogens (tertiary/aromatic N) is 1. The number of rotatable bonds is 6. The average molecular weight is 322 g/mol. The van der Waals surface area contributed by atoms with Crippen LogP contribution < -0.4 is 5.73 Å². The van der Waals surface area contributed by atoms with Gasteiger partial charge in [0, 0.05) is 19.1 Å². The fraction of sp³-hybridized carbons (Fsp3) is 0.381. The zero-order valence-corrected chi connectivity index (χ0v) is 14.5. The summed E-state index contributed by atoms with van der Waals surface area (Å²) in [6, 6.07) is 20.2. The minimum atomic E-state index is -0.470. The van der Waals surface area contributed by atoms with E-state index in [1.807, 2.05) is 55.1 Å². The van der Waals surface area contributed by atoms with Gasteiger partial charge in [-0.15, -0.1) is 0 Å². The molecule has 0 saturated heterocycles. The molecule has 0 heterocycles. The van der Waals surface area contributed by atoms with Gasteiger partial charge in [0.25, 0.3) is 0 Å². The lowest BCUT2D eigenvalue weighted by atomic mass is 9.87. The second kappa shape index (κ2) is 6.78. The fourth-order valence-electron chi connectivity index (χ4n) is 3.86. The van der Waals surface area contributed by atoms with Crippen LogP contribution in [-0.4, -0.2) is 23.9 Å². The van der Waals surface area contributed by atoms with Crippen LogP contribution >= 0.6 is 0 Å². The summed E-state index contributed by atoms with van der Waals surface area (Å²) < 4.78 is 0. The molecule has 24 heavy (non-hydrogen) atoms. The Balaban J connectivity index is 1.96. The smallest absolute Gasteiger partial charge is 0.233 e. The molecule has 1 aliphatic rings. The molecule has 1 aliphatic carbocycles. The van der Waals surface area contributed by atoms with Crippen molar-refractivity contribution in [3.63, 3.8) is 0 Å². The van der Waals surface area contributed by atoms with Gasteiger partial charge >= 0.3 is 0 Å². The molecular formula is C21H26N2O. The van der Waals surface area contributed by atoms with Gasteiger partial charge in [-0.25, -0.2) is 0 Å². The van der Waals surface area contributed by atoms with Crippen molar-refractivity contribution >= 4 is 5.91 Å². The van der Waals surface area contributed by atoms with Crippen LogP contribution in [0.25, 0.3) is 0 Å². The largest absolute Gasteiger partial charge is 0.342 e. The quantitative estimate of drug-likeness (QED) is 0.884. The molecule has 3 atom stereocenters. The van der Waals surface area contributed by atoms with E-state index in [2.05, 4.69) is 24.3 Å². The van der Waals surface area contributed by atoms with Crippen molar-refractivity contribution in [2.24, 2.45) is 11.7 Å². The van der Waals surface area contributed by atoms with Gasteiger partial charge in [0.15, 0.2) is 0 Å². The van der Waals surface area contributed by atoms with E-state index in [4.69, 9.17) is 5.73 Å². The molecule has 3 nitrogen and oxygen atoms in total. The molecule has 0 bridgehead atoms. The van der Waals surface area contributed by atoms with Gasteiger partial charge < -0.3 is 10.6 Å². The second-order valence-corrected chi connectivity index (χ2v) is 6.56. The molecule has 0 aliphatic heterocycles. The van der Waals surface area contributed by atoms with E-state index in [1.54, 1.807) is 0 Å². The Kier molecular flexibility index (Phi) is 4.72. The van der Waals surface area contributed by atoms with Crippen molar-refractivity contribution in [2.75, 3.05) is 13.1 Å². The molecule has 1 saturated carbocycles. The zero-order valence-electron chi connectivity index (χ0n) is 14.5. The minimum absolute atomic E-state index is 0.120. The maximum atomic E-state index is 13.3. The Morgan fingerprint density at radius 3 is 2.17 bits per heavy atom. The predicted octanol–water partition coefficient (Wildman–Crippen LogP) is 3.51. The first-order valence-electron chi connectivity index (χ1n) is 8.80. The van der Waals surface area contributed by atoms with E-state index in [0.717, 1.165) is 30.6 Å². The maximum Gasteiger partial charge on any atom is 0.233 e. The third kappa shape index (κ3) is 2.73. The molecule has 1 amide bonds. The number of likely N-dealkylation sites (N-methyl/N-ethyl adjacent to an activating group) is 1. The highest BCUT2D eigenvalue weighted by atomic mass is 16.2. The van der Waals surface area contributed by atoms with E-state index in [1.165, 1.54) is 0 Å². The average Bonchev–Trinajstić information content (AvgIpc) is 3.40. The first-order chi connectivity index (χ1) is 11.6. The van der Waals surface area contributed by atoms with E-state index in [0.29, 0.717) is 0 Å². The number of benzene rings is 2. The minimum Gasteiger partial charge on any atom is -0.342 e. The fourth-order valence-corrected chi connectivity index (χ4v) is 3.86. The van der Waals surface area contributed by atoms with Crippen molar-refractivity contribution in [2.45, 2.75) is 31.7 Å². The first kappa shape index (κ1) is 16.7. The number of carbonyl (C=O) groups excluding carboxylic acids is 1. The summed E-state index contributed by atoms with van der Waals surface area (Å²) in [4.78, 5) is 15.2. The summed E-state index contributed by atoms with van der Waals surface area (Å²) in [5.41, 5.74) is 8.29. The van der Waals surface area contributed by atoms with Crippen molar-refractivity contribution in [3.8, 4) is 0 Å². The Morgan fingerprint density at radius 2 is 1.62 bits per heavy atom. The Labute approximate surface area is 144 Å². The normalized spacial score (nSPS) is 23.5. The topological polar surface area (TPSA) is 46.3 Å². The Morgan fingerprint density at radius 1 is 1.08 bits per heavy atom. The summed E-state index contributed by atoms with van der Waals surface area (Å²) in [5.74, 6) is 0.366. The van der Waals surface area contributed by atoms with Crippen LogP contribution in [0.3, 0.4) is 0 Å². The van der Waals surface area contributed by atoms with Gasteiger partial charge in [-0.2, -0.15) is 0 Å². The number of carbonyl (C=O) groups is 1. The monoisotopic (exact) mass is 322 g/mol. The lowest BCUT2D eigenvalue weighted by Gasteiger charge is -2.28. The first-order valence-corrected chi connectivity index (χ1v) is 8.80. The third-order valence-electron chi connectivity index (χ3n) is 5.35. The summed E-state index contributed by atoms with van der Waals surface area (Å²) in [6.07, 6.45) is 0.822. The number of nitrogens with two attached hydrogens (primary N) is 1. The molecule has 0 radical (unpaired) electrons. The highest BCUT2D eigenvalue weighted by Crippen LogP contribution is 2.60. The van der Waals surface area contributed by atoms with Gasteiger partial charge in [-0.1, -0.05) is 60.7 Å². The predicted molar refractivity (Wildman–Crippen MR) is 97.5 cm³/mol. The van der Waals surface area contributed by atoms with Crippen molar-refractivity contribution in [1.82, 2.24) is 4.90 Å². The van der Waals surface area contributed by atoms with E-state index in [-0.39, 0.29) is 17.9 Å². The molecule has 2 aromatic rings. The van der Waals surface area contributed by atoms with Crippen molar-refractivity contribution < 1.29 is 4.79 Å². The zero-order chi connectivity index (χ0) is 17.2. The molecule has 0 spiro atoms. The molecule has 0 unspecified atom stereocenters. The van der Waals surface area contributed by atoms with Crippen LogP contribution in [0.4, 0.5) is 0 Å². The van der Waals surface area contributed by atoms with E-state index < -0.39 is 5.41 Å². The standard InChI is InChI=1S/C21H26N2O/c1-3-23(4-2)20(24)21(17-13-9-6-10-14-17)15-18(21)19(22)16-11-7-5-8-12-16/h5-14,18-19H,3-4,15,22H2,1-2H3/t18-,19+,21+/m0/s1. The van der Waals surface area contributed by atoms with Crippen LogP contribution in [0.2, 0.25) is 0 Å². The Hall–Kier alpha value is -2.13. The number of hydrogen-bond donors (Lipinski definition) is 1. The molecule has 1 fully saturated rings. The number of hydrogen-bond acceptors (Lipinski definition) is 2. The lowest BCUT2D eigenvalue weighted by Crippen LogP contribution is -2.41. The van der Waals surface area contributed by atoms with Crippen molar-refractivity contribution in [3.05, 3.63) is 71.8 Å². The SMILES string of the molecule is CCN(CC)C(=O)[C@@]1(c2ccccc2)C[C@H]1[C@H](N)c1ccccc1. The van der Waals surface area contributed by atoms with Crippen LogP contribution in [0.15, 0.2) is 60.7 Å². The summed E-state index contributed by atoms with van der Waals surface area (Å²) in [7, 11) is 0. The molecule has 3 heteroatoms. The van der Waals surface area contributed by atoms with Gasteiger partial charge in [0.1, 0.15) is 0 Å². The molecule has 2 aromatic carbocycles. The molecule has 2 N–H and O–H groups in total. The Bertz CT molecular complexity index is 681. The summed E-state index contributed by atoms with van der Waals surface area (Å²) in [6.45, 7) is 5.54. The van der Waals surface area contributed by atoms with Gasteiger partial charge in [0.2, 0.25) is 5.91 Å². The van der Waals surface area contributed by atoms with Crippen molar-refractivity contribution in [1.29, 1.82) is 0 Å². The molecule has 126 valence electrons. The van der Waals surface area contributed by atoms with Gasteiger partial charge in [-0.05, 0) is 37.3 Å². The highest BCUT2D eigenvalue weighted by Gasteiger charge is 2.63. The van der Waals surface area contributed by atoms with Crippen LogP contribution in [0.5, 0.6) is 0 Å².